The monoisotopic (exact) mass is 295 g/mol. The molecular formula is C11H19F2N3O2S. The Kier molecular flexibility index (Phi) is 5.89. The highest BCUT2D eigenvalue weighted by Crippen LogP contribution is 2.13. The van der Waals surface area contributed by atoms with Crippen molar-refractivity contribution in [1.82, 2.24) is 14.6 Å². The molecule has 0 fully saturated rings. The summed E-state index contributed by atoms with van der Waals surface area (Å²) in [6.07, 6.45) is -0.313. The van der Waals surface area contributed by atoms with Crippen LogP contribution < -0.4 is 10.0 Å². The lowest BCUT2D eigenvalue weighted by atomic mass is 10.4. The number of aryl methyl sites for hydroxylation is 1. The summed E-state index contributed by atoms with van der Waals surface area (Å²) < 4.78 is 51.1. The Morgan fingerprint density at radius 2 is 2.11 bits per heavy atom. The third-order valence-corrected chi connectivity index (χ3v) is 3.94. The van der Waals surface area contributed by atoms with Crippen molar-refractivity contribution in [3.8, 4) is 0 Å². The zero-order chi connectivity index (χ0) is 14.5. The minimum absolute atomic E-state index is 0.00366. The summed E-state index contributed by atoms with van der Waals surface area (Å²) in [5.41, 5.74) is 0.783. The van der Waals surface area contributed by atoms with E-state index >= 15 is 0 Å². The van der Waals surface area contributed by atoms with Gasteiger partial charge in [0.2, 0.25) is 10.0 Å². The van der Waals surface area contributed by atoms with E-state index in [9.17, 15) is 17.2 Å². The third-order valence-electron chi connectivity index (χ3n) is 2.55. The number of nitrogens with zero attached hydrogens (tertiary/aromatic N) is 1. The molecule has 0 bridgehead atoms. The van der Waals surface area contributed by atoms with Gasteiger partial charge in [0.1, 0.15) is 0 Å². The van der Waals surface area contributed by atoms with Crippen LogP contribution in [0.4, 0.5) is 8.78 Å². The summed E-state index contributed by atoms with van der Waals surface area (Å²) in [5, 5.41) is 3.15. The van der Waals surface area contributed by atoms with Gasteiger partial charge in [-0.1, -0.05) is 6.92 Å². The predicted octanol–water partition coefficient (Wildman–Crippen LogP) is 1.07. The van der Waals surface area contributed by atoms with Crippen molar-refractivity contribution < 1.29 is 17.2 Å². The van der Waals surface area contributed by atoms with Gasteiger partial charge >= 0.3 is 0 Å². The van der Waals surface area contributed by atoms with E-state index < -0.39 is 23.0 Å². The molecule has 0 aliphatic rings. The van der Waals surface area contributed by atoms with E-state index in [2.05, 4.69) is 5.32 Å². The van der Waals surface area contributed by atoms with Gasteiger partial charge in [0.25, 0.3) is 6.43 Å². The van der Waals surface area contributed by atoms with Crippen LogP contribution in [-0.4, -0.2) is 32.5 Å². The van der Waals surface area contributed by atoms with Crippen LogP contribution in [-0.2, 0) is 23.6 Å². The van der Waals surface area contributed by atoms with Crippen molar-refractivity contribution in [2.24, 2.45) is 7.05 Å². The Morgan fingerprint density at radius 3 is 2.68 bits per heavy atom. The van der Waals surface area contributed by atoms with Crippen LogP contribution in [0.2, 0.25) is 0 Å². The maximum atomic E-state index is 12.0. The second kappa shape index (κ2) is 6.97. The lowest BCUT2D eigenvalue weighted by molar-refractivity contribution is 0.153. The molecule has 0 saturated carbocycles. The minimum atomic E-state index is -3.87. The highest BCUT2D eigenvalue weighted by Gasteiger charge is 2.18. The van der Waals surface area contributed by atoms with E-state index in [4.69, 9.17) is 0 Å². The first kappa shape index (κ1) is 16.1. The van der Waals surface area contributed by atoms with E-state index in [0.717, 1.165) is 18.7 Å². The zero-order valence-corrected chi connectivity index (χ0v) is 11.8. The Labute approximate surface area is 112 Å². The first-order valence-corrected chi connectivity index (χ1v) is 7.49. The highest BCUT2D eigenvalue weighted by molar-refractivity contribution is 7.89. The largest absolute Gasteiger partial charge is 0.352 e. The van der Waals surface area contributed by atoms with Crippen LogP contribution in [0.5, 0.6) is 0 Å². The lowest BCUT2D eigenvalue weighted by Crippen LogP contribution is -2.28. The number of hydrogen-bond acceptors (Lipinski definition) is 3. The van der Waals surface area contributed by atoms with Crippen molar-refractivity contribution in [2.45, 2.75) is 31.2 Å². The fraction of sp³-hybridized carbons (Fsp3) is 0.636. The number of nitrogens with one attached hydrogen (secondary N) is 2. The molecule has 0 unspecified atom stereocenters. The number of rotatable bonds is 8. The normalized spacial score (nSPS) is 12.3. The van der Waals surface area contributed by atoms with Crippen LogP contribution in [0.25, 0.3) is 0 Å². The number of hydrogen-bond donors (Lipinski definition) is 2. The van der Waals surface area contributed by atoms with Gasteiger partial charge < -0.3 is 9.88 Å². The predicted molar refractivity (Wildman–Crippen MR) is 68.6 cm³/mol. The quantitative estimate of drug-likeness (QED) is 0.705. The maximum Gasteiger partial charge on any atom is 0.251 e. The van der Waals surface area contributed by atoms with Crippen molar-refractivity contribution in [3.63, 3.8) is 0 Å². The van der Waals surface area contributed by atoms with Gasteiger partial charge in [-0.25, -0.2) is 21.9 Å². The maximum absolute atomic E-state index is 12.0. The highest BCUT2D eigenvalue weighted by atomic mass is 32.2. The average molecular weight is 295 g/mol. The molecule has 8 heteroatoms. The molecule has 1 aromatic rings. The SMILES string of the molecule is CCCNCc1cc(S(=O)(=O)NCC(F)F)cn1C. The molecule has 19 heavy (non-hydrogen) atoms. The van der Waals surface area contributed by atoms with E-state index in [1.165, 1.54) is 12.3 Å². The second-order valence-electron chi connectivity index (χ2n) is 4.20. The van der Waals surface area contributed by atoms with Crippen molar-refractivity contribution in [1.29, 1.82) is 0 Å². The molecule has 110 valence electrons. The van der Waals surface area contributed by atoms with Crippen molar-refractivity contribution in [2.75, 3.05) is 13.1 Å². The van der Waals surface area contributed by atoms with E-state index in [0.29, 0.717) is 6.54 Å². The van der Waals surface area contributed by atoms with Crippen molar-refractivity contribution in [3.05, 3.63) is 18.0 Å². The molecule has 0 amide bonds. The van der Waals surface area contributed by atoms with Gasteiger partial charge in [0.15, 0.2) is 0 Å². The first-order chi connectivity index (χ1) is 8.86. The molecule has 5 nitrogen and oxygen atoms in total. The topological polar surface area (TPSA) is 63.1 Å². The molecule has 1 aromatic heterocycles. The van der Waals surface area contributed by atoms with Crippen LogP contribution in [0, 0.1) is 0 Å². The summed E-state index contributed by atoms with van der Waals surface area (Å²) in [6, 6.07) is 1.48. The molecule has 2 N–H and O–H groups in total. The molecule has 0 atom stereocenters. The minimum Gasteiger partial charge on any atom is -0.352 e. The number of sulfonamides is 1. The summed E-state index contributed by atoms with van der Waals surface area (Å²) in [6.45, 7) is 2.52. The van der Waals surface area contributed by atoms with E-state index in [1.807, 2.05) is 11.6 Å². The molecule has 0 aromatic carbocycles. The number of aromatic nitrogens is 1. The summed E-state index contributed by atoms with van der Waals surface area (Å²) in [5.74, 6) is 0. The van der Waals surface area contributed by atoms with Crippen LogP contribution in [0.15, 0.2) is 17.2 Å². The van der Waals surface area contributed by atoms with Crippen LogP contribution in [0.1, 0.15) is 19.0 Å². The average Bonchev–Trinajstić information content (AvgIpc) is 2.70. The molecule has 0 spiro atoms. The van der Waals surface area contributed by atoms with Gasteiger partial charge in [0.05, 0.1) is 11.4 Å². The second-order valence-corrected chi connectivity index (χ2v) is 5.96. The standard InChI is InChI=1S/C11H19F2N3O2S/c1-3-4-14-6-9-5-10(8-16(9)2)19(17,18)15-7-11(12)13/h5,8,11,14-15H,3-4,6-7H2,1-2H3. The lowest BCUT2D eigenvalue weighted by Gasteiger charge is -2.03. The summed E-state index contributed by atoms with van der Waals surface area (Å²) in [7, 11) is -2.15. The number of halogens is 2. The summed E-state index contributed by atoms with van der Waals surface area (Å²) in [4.78, 5) is 0.00366. The smallest absolute Gasteiger partial charge is 0.251 e. The number of alkyl halides is 2. The van der Waals surface area contributed by atoms with Crippen LogP contribution >= 0.6 is 0 Å². The van der Waals surface area contributed by atoms with Crippen molar-refractivity contribution >= 4 is 10.0 Å². The van der Waals surface area contributed by atoms with E-state index in [1.54, 1.807) is 11.6 Å². The first-order valence-electron chi connectivity index (χ1n) is 6.00. The Balaban J connectivity index is 2.76. The molecule has 0 saturated heterocycles. The third kappa shape index (κ3) is 4.88. The molecular weight excluding hydrogens is 276 g/mol. The van der Waals surface area contributed by atoms with Gasteiger partial charge in [-0.3, -0.25) is 0 Å². The van der Waals surface area contributed by atoms with Crippen LogP contribution in [0.3, 0.4) is 0 Å². The molecule has 0 aliphatic carbocycles. The Hall–Kier alpha value is -0.990. The summed E-state index contributed by atoms with van der Waals surface area (Å²) >= 11 is 0. The fourth-order valence-electron chi connectivity index (χ4n) is 1.55. The van der Waals surface area contributed by atoms with Gasteiger partial charge in [-0.2, -0.15) is 0 Å². The fourth-order valence-corrected chi connectivity index (χ4v) is 2.65. The molecule has 0 radical (unpaired) electrons. The van der Waals surface area contributed by atoms with Gasteiger partial charge in [0, 0.05) is 25.5 Å². The Morgan fingerprint density at radius 1 is 1.42 bits per heavy atom. The Bertz CT molecular complexity index is 500. The molecule has 1 rings (SSSR count). The van der Waals surface area contributed by atoms with Gasteiger partial charge in [-0.15, -0.1) is 0 Å². The zero-order valence-electron chi connectivity index (χ0n) is 11.0. The molecule has 1 heterocycles. The van der Waals surface area contributed by atoms with Gasteiger partial charge in [-0.05, 0) is 19.0 Å². The van der Waals surface area contributed by atoms with E-state index in [-0.39, 0.29) is 4.90 Å². The molecule has 0 aliphatic heterocycles.